The molecule has 0 radical (unpaired) electrons. The first-order chi connectivity index (χ1) is 15.8. The van der Waals surface area contributed by atoms with Crippen LogP contribution in [-0.4, -0.2) is 46.0 Å². The van der Waals surface area contributed by atoms with Crippen LogP contribution in [0.25, 0.3) is 0 Å². The van der Waals surface area contributed by atoms with Crippen LogP contribution < -0.4 is 10.4 Å². The van der Waals surface area contributed by atoms with Crippen LogP contribution in [0.15, 0.2) is 47.8 Å². The lowest BCUT2D eigenvalue weighted by Crippen LogP contribution is -2.49. The second kappa shape index (κ2) is 13.2. The second-order valence-corrected chi connectivity index (χ2v) is 29.7. The fourth-order valence-electron chi connectivity index (χ4n) is 4.67. The summed E-state index contributed by atoms with van der Waals surface area (Å²) in [5.41, 5.74) is 0. The van der Waals surface area contributed by atoms with E-state index in [2.05, 4.69) is 105 Å². The Balaban J connectivity index is 2.96. The summed E-state index contributed by atoms with van der Waals surface area (Å²) in [6.45, 7) is 33.9. The molecule has 1 aromatic rings. The van der Waals surface area contributed by atoms with Gasteiger partial charge in [0.15, 0.2) is 16.6 Å². The van der Waals surface area contributed by atoms with Crippen LogP contribution in [0.5, 0.6) is 0 Å². The Labute approximate surface area is 216 Å². The van der Waals surface area contributed by atoms with E-state index >= 15 is 0 Å². The summed E-state index contributed by atoms with van der Waals surface area (Å²) in [6.07, 6.45) is 0. The molecule has 0 saturated carbocycles. The highest BCUT2D eigenvalue weighted by atomic mass is 28.4. The van der Waals surface area contributed by atoms with Crippen molar-refractivity contribution in [1.82, 2.24) is 0 Å². The monoisotopic (exact) mass is 534 g/mol. The van der Waals surface area contributed by atoms with Crippen molar-refractivity contribution in [3.8, 4) is 0 Å². The molecular formula is C28H54O2Si4. The fraction of sp³-hybridized carbons (Fsp3) is 0.643. The predicted octanol–water partition coefficient (Wildman–Crippen LogP) is 7.75. The van der Waals surface area contributed by atoms with Gasteiger partial charge in [-0.25, -0.2) is 0 Å². The Hall–Kier alpha value is -0.512. The van der Waals surface area contributed by atoms with Crippen molar-refractivity contribution in [2.45, 2.75) is 104 Å². The van der Waals surface area contributed by atoms with Crippen LogP contribution in [0.3, 0.4) is 0 Å². The lowest BCUT2D eigenvalue weighted by molar-refractivity contribution is 0.338. The molecule has 1 aromatic carbocycles. The summed E-state index contributed by atoms with van der Waals surface area (Å²) in [5, 5.41) is 5.51. The molecule has 0 N–H and O–H groups in total. The molecule has 6 heteroatoms. The maximum atomic E-state index is 6.60. The summed E-state index contributed by atoms with van der Waals surface area (Å²) in [4.78, 5) is 0. The molecule has 194 valence electrons. The van der Waals surface area contributed by atoms with Gasteiger partial charge in [0.05, 0.1) is 13.2 Å². The molecule has 0 bridgehead atoms. The molecule has 0 amide bonds. The highest BCUT2D eigenvalue weighted by Gasteiger charge is 2.35. The highest BCUT2D eigenvalue weighted by Crippen LogP contribution is 2.26. The maximum Gasteiger partial charge on any atom is 0.192 e. The Morgan fingerprint density at radius 1 is 0.559 bits per heavy atom. The fourth-order valence-corrected chi connectivity index (χ4v) is 13.8. The topological polar surface area (TPSA) is 18.5 Å². The standard InChI is InChI=1S/C28H54O2Si4/c1-13-33(14-2,15-3)29-23-25(7)31(9,10)27-19-21-28(22-20-27)32(11,12)26(8)24-30-34(16-4,17-5)18-6/h19-22H,7-8,13-18,23-24H2,1-6,9-12H3. The van der Waals surface area contributed by atoms with Gasteiger partial charge in [0.1, 0.15) is 16.1 Å². The largest absolute Gasteiger partial charge is 0.413 e. The van der Waals surface area contributed by atoms with Gasteiger partial charge in [0.2, 0.25) is 0 Å². The van der Waals surface area contributed by atoms with Gasteiger partial charge in [0, 0.05) is 0 Å². The Kier molecular flexibility index (Phi) is 12.2. The average Bonchev–Trinajstić information content (AvgIpc) is 2.86. The molecule has 0 saturated heterocycles. The van der Waals surface area contributed by atoms with Crippen LogP contribution >= 0.6 is 0 Å². The molecule has 0 aliphatic carbocycles. The van der Waals surface area contributed by atoms with Gasteiger partial charge in [-0.05, 0) is 36.3 Å². The van der Waals surface area contributed by atoms with Crippen molar-refractivity contribution in [3.05, 3.63) is 47.8 Å². The van der Waals surface area contributed by atoms with E-state index in [9.17, 15) is 0 Å². The third kappa shape index (κ3) is 7.26. The van der Waals surface area contributed by atoms with Crippen molar-refractivity contribution in [2.24, 2.45) is 0 Å². The Morgan fingerprint density at radius 3 is 1.00 bits per heavy atom. The zero-order valence-electron chi connectivity index (χ0n) is 24.2. The van der Waals surface area contributed by atoms with E-state index in [0.29, 0.717) is 0 Å². The zero-order chi connectivity index (χ0) is 26.2. The van der Waals surface area contributed by atoms with E-state index in [1.54, 1.807) is 0 Å². The summed E-state index contributed by atoms with van der Waals surface area (Å²) in [6, 6.07) is 16.6. The van der Waals surface area contributed by atoms with Crippen LogP contribution in [0.1, 0.15) is 41.5 Å². The molecule has 0 atom stereocenters. The summed E-state index contributed by atoms with van der Waals surface area (Å²) in [7, 11) is -6.79. The van der Waals surface area contributed by atoms with Crippen LogP contribution in [0.2, 0.25) is 62.5 Å². The van der Waals surface area contributed by atoms with E-state index < -0.39 is 32.8 Å². The quantitative estimate of drug-likeness (QED) is 0.202. The van der Waals surface area contributed by atoms with Gasteiger partial charge < -0.3 is 8.85 Å². The number of hydrogen-bond donors (Lipinski definition) is 0. The third-order valence-corrected chi connectivity index (χ3v) is 25.7. The first kappa shape index (κ1) is 31.5. The number of rotatable bonds is 16. The van der Waals surface area contributed by atoms with Gasteiger partial charge in [0.25, 0.3) is 0 Å². The average molecular weight is 535 g/mol. The molecule has 2 nitrogen and oxygen atoms in total. The lowest BCUT2D eigenvalue weighted by atomic mass is 10.4. The van der Waals surface area contributed by atoms with Gasteiger partial charge in [-0.1, -0.05) is 113 Å². The molecular weight excluding hydrogens is 481 g/mol. The van der Waals surface area contributed by atoms with Crippen LogP contribution in [-0.2, 0) is 8.85 Å². The summed E-state index contributed by atoms with van der Waals surface area (Å²) in [5.74, 6) is 0. The van der Waals surface area contributed by atoms with Crippen molar-refractivity contribution in [1.29, 1.82) is 0 Å². The Morgan fingerprint density at radius 2 is 0.794 bits per heavy atom. The second-order valence-electron chi connectivity index (χ2n) is 11.1. The smallest absolute Gasteiger partial charge is 0.192 e. The summed E-state index contributed by atoms with van der Waals surface area (Å²) >= 11 is 0. The number of benzene rings is 1. The molecule has 0 aliphatic rings. The SMILES string of the molecule is C=C(CO[Si](CC)(CC)CC)[Si](C)(C)c1ccc([Si](C)(C)C(=C)CO[Si](CC)(CC)CC)cc1. The van der Waals surface area contributed by atoms with Crippen molar-refractivity contribution >= 4 is 43.2 Å². The van der Waals surface area contributed by atoms with Gasteiger partial charge in [-0.3, -0.25) is 0 Å². The molecule has 0 aromatic heterocycles. The highest BCUT2D eigenvalue weighted by molar-refractivity contribution is 6.97. The van der Waals surface area contributed by atoms with E-state index in [1.807, 2.05) is 0 Å². The van der Waals surface area contributed by atoms with Crippen LogP contribution in [0, 0.1) is 0 Å². The van der Waals surface area contributed by atoms with E-state index in [0.717, 1.165) is 13.2 Å². The van der Waals surface area contributed by atoms with Crippen molar-refractivity contribution in [2.75, 3.05) is 13.2 Å². The molecule has 0 heterocycles. The normalized spacial score (nSPS) is 13.2. The van der Waals surface area contributed by atoms with E-state index in [-0.39, 0.29) is 0 Å². The predicted molar refractivity (Wildman–Crippen MR) is 165 cm³/mol. The number of hydrogen-bond acceptors (Lipinski definition) is 2. The molecule has 34 heavy (non-hydrogen) atoms. The van der Waals surface area contributed by atoms with Crippen molar-refractivity contribution < 1.29 is 8.85 Å². The van der Waals surface area contributed by atoms with Gasteiger partial charge >= 0.3 is 0 Å². The molecule has 0 spiro atoms. The van der Waals surface area contributed by atoms with Crippen molar-refractivity contribution in [3.63, 3.8) is 0 Å². The minimum atomic E-state index is -1.81. The minimum Gasteiger partial charge on any atom is -0.413 e. The van der Waals surface area contributed by atoms with Crippen LogP contribution in [0.4, 0.5) is 0 Å². The van der Waals surface area contributed by atoms with Gasteiger partial charge in [-0.2, -0.15) is 0 Å². The van der Waals surface area contributed by atoms with E-state index in [1.165, 1.54) is 57.0 Å². The molecule has 0 unspecified atom stereocenters. The molecule has 0 fully saturated rings. The lowest BCUT2D eigenvalue weighted by Gasteiger charge is -2.33. The molecule has 0 aliphatic heterocycles. The van der Waals surface area contributed by atoms with E-state index in [4.69, 9.17) is 8.85 Å². The molecule has 1 rings (SSSR count). The maximum absolute atomic E-state index is 6.60. The summed E-state index contributed by atoms with van der Waals surface area (Å²) < 4.78 is 13.2. The third-order valence-electron chi connectivity index (χ3n) is 9.07. The zero-order valence-corrected chi connectivity index (χ0v) is 28.2. The Bertz CT molecular complexity index is 708. The van der Waals surface area contributed by atoms with Gasteiger partial charge in [-0.15, -0.1) is 13.2 Å². The first-order valence-electron chi connectivity index (χ1n) is 13.6. The minimum absolute atomic E-state index is 0.731. The first-order valence-corrected chi connectivity index (χ1v) is 24.6.